The second kappa shape index (κ2) is 6.56. The molecule has 0 saturated heterocycles. The molecule has 23 heavy (non-hydrogen) atoms. The fourth-order valence-electron chi connectivity index (χ4n) is 2.53. The number of carbonyl (C=O) groups is 2. The lowest BCUT2D eigenvalue weighted by molar-refractivity contribution is -0.136. The normalized spacial score (nSPS) is 10.4. The monoisotopic (exact) mass is 317 g/mol. The molecule has 2 N–H and O–H groups in total. The van der Waals surface area contributed by atoms with Crippen LogP contribution >= 0.6 is 0 Å². The van der Waals surface area contributed by atoms with Crippen LogP contribution in [0.2, 0.25) is 0 Å². The summed E-state index contributed by atoms with van der Waals surface area (Å²) in [5.41, 5.74) is 3.23. The molecular formula is C17H19NO5. The third kappa shape index (κ3) is 3.36. The van der Waals surface area contributed by atoms with E-state index in [1.54, 1.807) is 20.1 Å². The highest BCUT2D eigenvalue weighted by molar-refractivity contribution is 6.07. The van der Waals surface area contributed by atoms with E-state index in [1.807, 2.05) is 19.9 Å². The van der Waals surface area contributed by atoms with Crippen molar-refractivity contribution in [2.24, 2.45) is 0 Å². The van der Waals surface area contributed by atoms with E-state index in [2.05, 4.69) is 5.32 Å². The summed E-state index contributed by atoms with van der Waals surface area (Å²) in [6, 6.07) is 3.64. The van der Waals surface area contributed by atoms with Crippen LogP contribution in [0.15, 0.2) is 22.8 Å². The number of amides is 1. The van der Waals surface area contributed by atoms with Crippen molar-refractivity contribution >= 4 is 17.6 Å². The van der Waals surface area contributed by atoms with Crippen LogP contribution in [0.4, 0.5) is 5.69 Å². The fraction of sp³-hybridized carbons (Fsp3) is 0.294. The van der Waals surface area contributed by atoms with Crippen LogP contribution in [0.1, 0.15) is 32.8 Å². The summed E-state index contributed by atoms with van der Waals surface area (Å²) in [6.07, 6.45) is 1.04. The van der Waals surface area contributed by atoms with Gasteiger partial charge < -0.3 is 19.6 Å². The van der Waals surface area contributed by atoms with E-state index >= 15 is 0 Å². The number of carboxylic acids is 1. The number of benzene rings is 1. The number of hydrogen-bond acceptors (Lipinski definition) is 4. The van der Waals surface area contributed by atoms with Gasteiger partial charge in [-0.2, -0.15) is 0 Å². The molecule has 0 aliphatic carbocycles. The zero-order chi connectivity index (χ0) is 17.1. The van der Waals surface area contributed by atoms with Crippen molar-refractivity contribution in [3.05, 3.63) is 46.4 Å². The highest BCUT2D eigenvalue weighted by Crippen LogP contribution is 2.30. The lowest BCUT2D eigenvalue weighted by Crippen LogP contribution is -2.16. The Morgan fingerprint density at radius 2 is 1.91 bits per heavy atom. The number of carboxylic acid groups (broad SMARTS) is 1. The molecule has 6 nitrogen and oxygen atoms in total. The zero-order valence-corrected chi connectivity index (χ0v) is 13.5. The summed E-state index contributed by atoms with van der Waals surface area (Å²) in [5.74, 6) is -0.607. The molecule has 1 aromatic heterocycles. The number of anilines is 1. The molecule has 0 bridgehead atoms. The second-order valence-electron chi connectivity index (χ2n) is 5.33. The number of ether oxygens (including phenoxy) is 1. The minimum absolute atomic E-state index is 0.143. The van der Waals surface area contributed by atoms with Gasteiger partial charge in [0.15, 0.2) is 0 Å². The van der Waals surface area contributed by atoms with E-state index < -0.39 is 11.9 Å². The zero-order valence-electron chi connectivity index (χ0n) is 13.5. The van der Waals surface area contributed by atoms with Crippen LogP contribution in [0.25, 0.3) is 0 Å². The minimum Gasteiger partial charge on any atom is -0.496 e. The largest absolute Gasteiger partial charge is 0.496 e. The smallest absolute Gasteiger partial charge is 0.311 e. The Morgan fingerprint density at radius 1 is 1.22 bits per heavy atom. The van der Waals surface area contributed by atoms with Crippen molar-refractivity contribution in [2.75, 3.05) is 12.4 Å². The van der Waals surface area contributed by atoms with Gasteiger partial charge >= 0.3 is 5.97 Å². The first kappa shape index (κ1) is 16.6. The van der Waals surface area contributed by atoms with Gasteiger partial charge in [0, 0.05) is 16.8 Å². The van der Waals surface area contributed by atoms with Crippen LogP contribution in [-0.4, -0.2) is 24.1 Å². The van der Waals surface area contributed by atoms with Gasteiger partial charge in [0.05, 0.1) is 18.9 Å². The lowest BCUT2D eigenvalue weighted by atomic mass is 10.1. The van der Waals surface area contributed by atoms with Gasteiger partial charge in [0.2, 0.25) is 0 Å². The quantitative estimate of drug-likeness (QED) is 0.884. The Hall–Kier alpha value is -2.76. The van der Waals surface area contributed by atoms with Crippen LogP contribution in [0.5, 0.6) is 5.75 Å². The third-order valence-corrected chi connectivity index (χ3v) is 3.65. The van der Waals surface area contributed by atoms with Crippen molar-refractivity contribution in [1.82, 2.24) is 0 Å². The topological polar surface area (TPSA) is 88.8 Å². The molecule has 0 unspecified atom stereocenters. The van der Waals surface area contributed by atoms with E-state index in [1.165, 1.54) is 6.26 Å². The number of hydrogen-bond donors (Lipinski definition) is 2. The van der Waals surface area contributed by atoms with Crippen LogP contribution in [0, 0.1) is 20.8 Å². The molecular weight excluding hydrogens is 298 g/mol. The van der Waals surface area contributed by atoms with Crippen molar-refractivity contribution in [3.8, 4) is 5.75 Å². The van der Waals surface area contributed by atoms with Crippen molar-refractivity contribution in [1.29, 1.82) is 0 Å². The molecule has 1 amide bonds. The summed E-state index contributed by atoms with van der Waals surface area (Å²) >= 11 is 0. The van der Waals surface area contributed by atoms with Crippen molar-refractivity contribution in [2.45, 2.75) is 27.2 Å². The maximum atomic E-state index is 12.5. The molecule has 2 aromatic rings. The Bertz CT molecular complexity index is 761. The van der Waals surface area contributed by atoms with Gasteiger partial charge in [-0.25, -0.2) is 0 Å². The van der Waals surface area contributed by atoms with Crippen LogP contribution in [-0.2, 0) is 11.2 Å². The Labute approximate surface area is 134 Å². The van der Waals surface area contributed by atoms with Gasteiger partial charge in [0.25, 0.3) is 5.91 Å². The lowest BCUT2D eigenvalue weighted by Gasteiger charge is -2.14. The molecule has 1 aromatic carbocycles. The average molecular weight is 317 g/mol. The van der Waals surface area contributed by atoms with Crippen molar-refractivity contribution in [3.63, 3.8) is 0 Å². The van der Waals surface area contributed by atoms with Gasteiger partial charge in [-0.3, -0.25) is 9.59 Å². The number of furan rings is 1. The molecule has 6 heteroatoms. The summed E-state index contributed by atoms with van der Waals surface area (Å²) < 4.78 is 10.5. The molecule has 0 aliphatic heterocycles. The van der Waals surface area contributed by atoms with Gasteiger partial charge in [-0.05, 0) is 32.4 Å². The first-order valence-electron chi connectivity index (χ1n) is 7.09. The van der Waals surface area contributed by atoms with Gasteiger partial charge in [-0.1, -0.05) is 6.07 Å². The number of methoxy groups -OCH3 is 1. The number of rotatable bonds is 5. The number of aliphatic carboxylic acids is 1. The summed E-state index contributed by atoms with van der Waals surface area (Å²) in [7, 11) is 1.58. The molecule has 122 valence electrons. The number of nitrogens with one attached hydrogen (secondary N) is 1. The first-order valence-corrected chi connectivity index (χ1v) is 7.09. The SMILES string of the molecule is COc1c(C)ccc(NC(=O)c2c(C)coc2CC(=O)O)c1C. The fourth-order valence-corrected chi connectivity index (χ4v) is 2.53. The molecule has 0 spiro atoms. The van der Waals surface area contributed by atoms with Crippen LogP contribution < -0.4 is 10.1 Å². The Kier molecular flexibility index (Phi) is 4.74. The first-order chi connectivity index (χ1) is 10.8. The predicted molar refractivity (Wildman–Crippen MR) is 85.2 cm³/mol. The highest BCUT2D eigenvalue weighted by atomic mass is 16.5. The molecule has 2 rings (SSSR count). The van der Waals surface area contributed by atoms with E-state index in [0.29, 0.717) is 17.0 Å². The van der Waals surface area contributed by atoms with E-state index in [4.69, 9.17) is 14.3 Å². The second-order valence-corrected chi connectivity index (χ2v) is 5.33. The van der Waals surface area contributed by atoms with Gasteiger partial charge in [-0.15, -0.1) is 0 Å². The maximum absolute atomic E-state index is 12.5. The van der Waals surface area contributed by atoms with Gasteiger partial charge in [0.1, 0.15) is 17.9 Å². The van der Waals surface area contributed by atoms with E-state index in [9.17, 15) is 9.59 Å². The summed E-state index contributed by atoms with van der Waals surface area (Å²) in [6.45, 7) is 5.47. The Balaban J connectivity index is 2.34. The molecule has 0 aliphatic rings. The number of aryl methyl sites for hydroxylation is 2. The maximum Gasteiger partial charge on any atom is 0.311 e. The highest BCUT2D eigenvalue weighted by Gasteiger charge is 2.21. The standard InChI is InChI=1S/C17H19NO5/c1-9-5-6-12(11(3)16(9)22-4)18-17(21)15-10(2)8-23-13(15)7-14(19)20/h5-6,8H,7H2,1-4H3,(H,18,21)(H,19,20). The third-order valence-electron chi connectivity index (χ3n) is 3.65. The Morgan fingerprint density at radius 3 is 2.52 bits per heavy atom. The molecule has 0 atom stereocenters. The summed E-state index contributed by atoms with van der Waals surface area (Å²) in [4.78, 5) is 23.4. The summed E-state index contributed by atoms with van der Waals surface area (Å²) in [5, 5.41) is 11.7. The van der Waals surface area contributed by atoms with E-state index in [-0.39, 0.29) is 17.7 Å². The predicted octanol–water partition coefficient (Wildman–Crippen LogP) is 3.09. The van der Waals surface area contributed by atoms with Crippen molar-refractivity contribution < 1.29 is 23.8 Å². The molecule has 0 radical (unpaired) electrons. The molecule has 1 heterocycles. The number of carbonyl (C=O) groups excluding carboxylic acids is 1. The average Bonchev–Trinajstić information content (AvgIpc) is 2.82. The molecule has 0 fully saturated rings. The molecule has 0 saturated carbocycles. The minimum atomic E-state index is -1.05. The van der Waals surface area contributed by atoms with Crippen LogP contribution in [0.3, 0.4) is 0 Å². The van der Waals surface area contributed by atoms with E-state index in [0.717, 1.165) is 11.1 Å².